The minimum Gasteiger partial charge on any atom is -0.394 e. The maximum absolute atomic E-state index is 7.65. The minimum absolute atomic E-state index is 0. The van der Waals surface area contributed by atoms with Gasteiger partial charge in [0.05, 0.1) is 0 Å². The number of nitrogens with one attached hydrogen (secondary N) is 1. The van der Waals surface area contributed by atoms with E-state index in [0.29, 0.717) is 5.69 Å². The summed E-state index contributed by atoms with van der Waals surface area (Å²) in [5.41, 5.74) is 11.7. The minimum atomic E-state index is -2.18. The first kappa shape index (κ1) is 27.2. The first-order chi connectivity index (χ1) is 23.8. The number of hydrogen-bond donors (Lipinski definition) is 1. The van der Waals surface area contributed by atoms with Crippen molar-refractivity contribution in [3.05, 3.63) is 157 Å². The van der Waals surface area contributed by atoms with E-state index < -0.39 is 6.85 Å². The largest absolute Gasteiger partial charge is 0.394 e. The molecular formula is C42H29IrN3S-2. The zero-order valence-corrected chi connectivity index (χ0v) is 28.5. The van der Waals surface area contributed by atoms with E-state index in [2.05, 4.69) is 95.0 Å². The number of anilines is 2. The number of fused-ring (bicyclic) bond motifs is 10. The van der Waals surface area contributed by atoms with Crippen molar-refractivity contribution >= 4 is 42.9 Å². The number of para-hydroxylation sites is 1. The number of hydrogen-bond acceptors (Lipinski definition) is 4. The van der Waals surface area contributed by atoms with Crippen molar-refractivity contribution in [1.82, 2.24) is 9.97 Å². The van der Waals surface area contributed by atoms with Gasteiger partial charge < -0.3 is 15.3 Å². The maximum atomic E-state index is 7.65. The Balaban J connectivity index is 0.000000255. The van der Waals surface area contributed by atoms with Crippen molar-refractivity contribution in [2.45, 2.75) is 13.8 Å². The molecule has 0 fully saturated rings. The van der Waals surface area contributed by atoms with Crippen LogP contribution in [0.2, 0.25) is 0 Å². The summed E-state index contributed by atoms with van der Waals surface area (Å²) in [6.07, 6.45) is 3.23. The second kappa shape index (κ2) is 13.1. The molecule has 0 saturated heterocycles. The van der Waals surface area contributed by atoms with Gasteiger partial charge in [0.15, 0.2) is 0 Å². The number of thiophene rings is 1. The number of pyridine rings is 2. The van der Waals surface area contributed by atoms with E-state index >= 15 is 0 Å². The molecule has 2 bridgehead atoms. The Morgan fingerprint density at radius 1 is 0.702 bits per heavy atom. The molecule has 3 aromatic heterocycles. The molecule has 1 N–H and O–H groups in total. The number of nitrogens with zero attached hydrogens (tertiary/aromatic N) is 2. The van der Waals surface area contributed by atoms with E-state index in [9.17, 15) is 0 Å². The zero-order valence-electron chi connectivity index (χ0n) is 28.3. The first-order valence-electron chi connectivity index (χ1n) is 16.6. The fraction of sp³-hybridized carbons (Fsp3) is 0.0476. The van der Waals surface area contributed by atoms with E-state index in [1.165, 1.54) is 43.1 Å². The molecular weight excluding hydrogens is 771 g/mol. The molecule has 47 heavy (non-hydrogen) atoms. The van der Waals surface area contributed by atoms with Gasteiger partial charge in [-0.05, 0) is 71.8 Å². The Morgan fingerprint density at radius 2 is 1.53 bits per heavy atom. The third-order valence-corrected chi connectivity index (χ3v) is 9.53. The Bertz CT molecular complexity index is 2420. The van der Waals surface area contributed by atoms with Gasteiger partial charge in [-0.25, -0.2) is 0 Å². The molecule has 0 spiro atoms. The van der Waals surface area contributed by atoms with E-state index in [4.69, 9.17) is 4.11 Å². The van der Waals surface area contributed by atoms with Gasteiger partial charge in [-0.15, -0.1) is 71.0 Å². The summed E-state index contributed by atoms with van der Waals surface area (Å²) >= 11 is 1.84. The van der Waals surface area contributed by atoms with Crippen LogP contribution in [0.3, 0.4) is 0 Å². The van der Waals surface area contributed by atoms with Crippen molar-refractivity contribution in [2.24, 2.45) is 0 Å². The van der Waals surface area contributed by atoms with Crippen molar-refractivity contribution in [3.8, 4) is 44.8 Å². The monoisotopic (exact) mass is 803 g/mol. The van der Waals surface area contributed by atoms with Crippen molar-refractivity contribution in [3.63, 3.8) is 0 Å². The van der Waals surface area contributed by atoms with Crippen molar-refractivity contribution in [1.29, 1.82) is 0 Å². The van der Waals surface area contributed by atoms with Crippen LogP contribution in [0.25, 0.3) is 64.9 Å². The van der Waals surface area contributed by atoms with Crippen LogP contribution in [0.5, 0.6) is 0 Å². The van der Waals surface area contributed by atoms with Gasteiger partial charge in [-0.3, -0.25) is 0 Å². The molecule has 0 saturated carbocycles. The summed E-state index contributed by atoms with van der Waals surface area (Å²) in [6.45, 7) is 0.0327. The molecule has 229 valence electrons. The SMILES string of the molecule is [2H]C([2H])([2H])c1ccc(-c2[c-]cc3c(c2)-c2cc4c(sc5ccccc54)c(c2C)-c2ccccc2N3)nc1.[Ir].[c-]1ccccc1-c1ccccn1. The number of aryl methyl sites for hydroxylation is 1. The normalized spacial score (nSPS) is 12.4. The fourth-order valence-corrected chi connectivity index (χ4v) is 7.40. The molecule has 5 heteroatoms. The summed E-state index contributed by atoms with van der Waals surface area (Å²) in [7, 11) is 0. The number of rotatable bonds is 2. The van der Waals surface area contributed by atoms with Gasteiger partial charge in [0, 0.05) is 73.6 Å². The third-order valence-electron chi connectivity index (χ3n) is 8.32. The summed E-state index contributed by atoms with van der Waals surface area (Å²) < 4.78 is 25.5. The first-order valence-corrected chi connectivity index (χ1v) is 15.9. The molecule has 0 unspecified atom stereocenters. The second-order valence-corrected chi connectivity index (χ2v) is 12.2. The third kappa shape index (κ3) is 5.79. The molecule has 1 radical (unpaired) electrons. The number of benzene rings is 5. The Labute approximate surface area is 296 Å². The van der Waals surface area contributed by atoms with E-state index in [1.807, 2.05) is 59.9 Å². The summed E-state index contributed by atoms with van der Waals surface area (Å²) in [5, 5.41) is 6.19. The Kier molecular flexibility index (Phi) is 7.56. The standard InChI is InChI=1S/C31H21N2S.C11H8N.Ir/c1-18-11-13-26(32-17-18)20-12-14-28-24(15-20)23-16-25-21-7-4-6-10-29(21)34-31(25)30(19(23)2)22-8-3-5-9-27(22)33-28;1-2-6-10(7-3-1)11-8-4-5-9-12-11;/h3-11,13-17,33H,1-2H3;1-6,8-9H;/q2*-1;/i1D3;;. The van der Waals surface area contributed by atoms with E-state index in [0.717, 1.165) is 39.3 Å². The molecule has 1 aliphatic heterocycles. The van der Waals surface area contributed by atoms with Gasteiger partial charge in [0.1, 0.15) is 0 Å². The van der Waals surface area contributed by atoms with Crippen LogP contribution in [-0.4, -0.2) is 9.97 Å². The summed E-state index contributed by atoms with van der Waals surface area (Å²) in [4.78, 5) is 8.69. The Hall–Kier alpha value is -4.93. The molecule has 9 rings (SSSR count). The van der Waals surface area contributed by atoms with Gasteiger partial charge in [0.25, 0.3) is 0 Å². The summed E-state index contributed by atoms with van der Waals surface area (Å²) in [5.74, 6) is 0. The maximum Gasteiger partial charge on any atom is 0.0437 e. The van der Waals surface area contributed by atoms with Gasteiger partial charge in [-0.1, -0.05) is 66.2 Å². The van der Waals surface area contributed by atoms with Crippen LogP contribution >= 0.6 is 11.3 Å². The van der Waals surface area contributed by atoms with Crippen LogP contribution in [0.4, 0.5) is 11.4 Å². The molecule has 8 aromatic rings. The van der Waals surface area contributed by atoms with Crippen molar-refractivity contribution < 1.29 is 24.2 Å². The smallest absolute Gasteiger partial charge is 0.0437 e. The van der Waals surface area contributed by atoms with Crippen molar-refractivity contribution in [2.75, 3.05) is 5.32 Å². The molecule has 5 aromatic carbocycles. The van der Waals surface area contributed by atoms with Crippen LogP contribution in [0, 0.1) is 25.9 Å². The average Bonchev–Trinajstić information content (AvgIpc) is 3.51. The van der Waals surface area contributed by atoms with E-state index in [-0.39, 0.29) is 25.7 Å². The average molecular weight is 803 g/mol. The van der Waals surface area contributed by atoms with E-state index in [1.54, 1.807) is 18.3 Å². The van der Waals surface area contributed by atoms with Crippen LogP contribution in [0.15, 0.2) is 134 Å². The molecule has 4 heterocycles. The van der Waals surface area contributed by atoms with Crippen LogP contribution in [-0.2, 0) is 20.1 Å². The molecule has 0 aliphatic carbocycles. The zero-order chi connectivity index (χ0) is 33.5. The quantitative estimate of drug-likeness (QED) is 0.177. The predicted octanol–water partition coefficient (Wildman–Crippen LogP) is 11.5. The van der Waals surface area contributed by atoms with Gasteiger partial charge in [-0.2, -0.15) is 0 Å². The second-order valence-electron chi connectivity index (χ2n) is 11.2. The predicted molar refractivity (Wildman–Crippen MR) is 194 cm³/mol. The molecule has 0 atom stereocenters. The Morgan fingerprint density at radius 3 is 2.34 bits per heavy atom. The fourth-order valence-electron chi connectivity index (χ4n) is 6.10. The number of aromatic nitrogens is 2. The van der Waals surface area contributed by atoms with Crippen LogP contribution in [0.1, 0.15) is 15.2 Å². The topological polar surface area (TPSA) is 37.8 Å². The molecule has 3 nitrogen and oxygen atoms in total. The van der Waals surface area contributed by atoms with Crippen LogP contribution < -0.4 is 5.32 Å². The van der Waals surface area contributed by atoms with Gasteiger partial charge >= 0.3 is 0 Å². The molecule has 0 amide bonds. The summed E-state index contributed by atoms with van der Waals surface area (Å²) in [6, 6.07) is 47.0. The molecule has 1 aliphatic rings. The van der Waals surface area contributed by atoms with Gasteiger partial charge in [0.2, 0.25) is 0 Å².